The smallest absolute Gasteiger partial charge is 0.151 e. The lowest BCUT2D eigenvalue weighted by atomic mass is 10.0. The predicted octanol–water partition coefficient (Wildman–Crippen LogP) is 3.44. The van der Waals surface area contributed by atoms with Crippen LogP contribution in [0.5, 0.6) is 11.5 Å². The fourth-order valence-electron chi connectivity index (χ4n) is 4.98. The van der Waals surface area contributed by atoms with E-state index in [1.165, 1.54) is 0 Å². The Labute approximate surface area is 200 Å². The Morgan fingerprint density at radius 3 is 2.62 bits per heavy atom. The minimum atomic E-state index is 0.312. The number of benzene rings is 2. The van der Waals surface area contributed by atoms with Gasteiger partial charge in [0.15, 0.2) is 5.82 Å². The van der Waals surface area contributed by atoms with E-state index in [2.05, 4.69) is 63.4 Å². The molecule has 0 bridgehead atoms. The Hall–Kier alpha value is -2.87. The summed E-state index contributed by atoms with van der Waals surface area (Å²) in [5.41, 5.74) is 4.47. The summed E-state index contributed by atoms with van der Waals surface area (Å²) in [4.78, 5) is 7.28. The molecule has 0 aliphatic carbocycles. The summed E-state index contributed by atoms with van der Waals surface area (Å²) in [5.74, 6) is 2.81. The van der Waals surface area contributed by atoms with Crippen LogP contribution in [0.25, 0.3) is 16.8 Å². The van der Waals surface area contributed by atoms with Crippen LogP contribution in [0.3, 0.4) is 0 Å². The minimum Gasteiger partial charge on any atom is -0.490 e. The van der Waals surface area contributed by atoms with E-state index in [-0.39, 0.29) is 0 Å². The first kappa shape index (κ1) is 21.6. The molecule has 178 valence electrons. The van der Waals surface area contributed by atoms with Crippen molar-refractivity contribution in [3.05, 3.63) is 60.2 Å². The van der Waals surface area contributed by atoms with E-state index >= 15 is 0 Å². The molecule has 7 nitrogen and oxygen atoms in total. The zero-order valence-corrected chi connectivity index (χ0v) is 19.5. The Morgan fingerprint density at radius 1 is 1.00 bits per heavy atom. The molecule has 2 aromatic carbocycles. The summed E-state index contributed by atoms with van der Waals surface area (Å²) in [5, 5.41) is 3.38. The van der Waals surface area contributed by atoms with Gasteiger partial charge in [0.05, 0.1) is 24.6 Å². The standard InChI is InChI=1S/C27H32N4O3/c1-4-23(34-24-7-10-28-11-8-24)5-2-20(1)21-3-6-25-26(17-21)33-19-27-29-22(18-31(25)27)9-12-30-13-15-32-16-14-30/h1-6,17-18,24,28H,7-16,19H2. The Kier molecular flexibility index (Phi) is 6.23. The van der Waals surface area contributed by atoms with E-state index < -0.39 is 0 Å². The molecule has 3 aromatic rings. The molecule has 7 heteroatoms. The first-order valence-corrected chi connectivity index (χ1v) is 12.4. The van der Waals surface area contributed by atoms with E-state index in [1.54, 1.807) is 0 Å². The van der Waals surface area contributed by atoms with E-state index in [0.29, 0.717) is 12.7 Å². The molecular formula is C27H32N4O3. The number of hydrogen-bond acceptors (Lipinski definition) is 6. The van der Waals surface area contributed by atoms with E-state index in [9.17, 15) is 0 Å². The van der Waals surface area contributed by atoms with Gasteiger partial charge in [0.1, 0.15) is 24.2 Å². The first-order valence-electron chi connectivity index (χ1n) is 12.4. The zero-order chi connectivity index (χ0) is 22.7. The van der Waals surface area contributed by atoms with Crippen LogP contribution in [-0.4, -0.2) is 66.5 Å². The molecule has 4 heterocycles. The SMILES string of the molecule is c1cc(-c2ccc3c(c2)OCc2nc(CCN4CCOCC4)cn2-3)ccc1OC1CCNCC1. The van der Waals surface area contributed by atoms with Crippen molar-refractivity contribution in [2.45, 2.75) is 32.0 Å². The normalized spacial score (nSPS) is 18.7. The second kappa shape index (κ2) is 9.78. The van der Waals surface area contributed by atoms with Crippen molar-refractivity contribution in [1.82, 2.24) is 19.8 Å². The molecule has 3 aliphatic rings. The number of nitrogens with zero attached hydrogens (tertiary/aromatic N) is 3. The van der Waals surface area contributed by atoms with Gasteiger partial charge in [0.25, 0.3) is 0 Å². The molecule has 1 N–H and O–H groups in total. The topological polar surface area (TPSA) is 60.8 Å². The first-order chi connectivity index (χ1) is 16.8. The summed E-state index contributed by atoms with van der Waals surface area (Å²) >= 11 is 0. The predicted molar refractivity (Wildman–Crippen MR) is 131 cm³/mol. The van der Waals surface area contributed by atoms with Crippen molar-refractivity contribution in [3.63, 3.8) is 0 Å². The van der Waals surface area contributed by atoms with Crippen LogP contribution in [0, 0.1) is 0 Å². The third kappa shape index (κ3) is 4.69. The van der Waals surface area contributed by atoms with Crippen molar-refractivity contribution in [3.8, 4) is 28.3 Å². The van der Waals surface area contributed by atoms with Crippen molar-refractivity contribution >= 4 is 0 Å². The Bertz CT molecular complexity index is 1120. The van der Waals surface area contributed by atoms with Gasteiger partial charge in [0.2, 0.25) is 0 Å². The van der Waals surface area contributed by atoms with Crippen molar-refractivity contribution < 1.29 is 14.2 Å². The maximum atomic E-state index is 6.15. The number of hydrogen-bond donors (Lipinski definition) is 1. The molecule has 2 fully saturated rings. The van der Waals surface area contributed by atoms with Crippen molar-refractivity contribution in [1.29, 1.82) is 0 Å². The third-order valence-corrected chi connectivity index (χ3v) is 6.97. The molecular weight excluding hydrogens is 428 g/mol. The second-order valence-electron chi connectivity index (χ2n) is 9.29. The molecule has 2 saturated heterocycles. The monoisotopic (exact) mass is 460 g/mol. The molecule has 1 aromatic heterocycles. The fraction of sp³-hybridized carbons (Fsp3) is 0.444. The molecule has 0 amide bonds. The summed E-state index contributed by atoms with van der Waals surface area (Å²) in [6.07, 6.45) is 5.56. The van der Waals surface area contributed by atoms with Gasteiger partial charge < -0.3 is 19.5 Å². The molecule has 0 unspecified atom stereocenters. The van der Waals surface area contributed by atoms with Crippen LogP contribution in [0.1, 0.15) is 24.4 Å². The number of rotatable bonds is 6. The van der Waals surface area contributed by atoms with Gasteiger partial charge in [-0.05, 0) is 61.3 Å². The van der Waals surface area contributed by atoms with Gasteiger partial charge >= 0.3 is 0 Å². The molecule has 6 rings (SSSR count). The maximum Gasteiger partial charge on any atom is 0.151 e. The highest BCUT2D eigenvalue weighted by Crippen LogP contribution is 2.34. The number of ether oxygens (including phenoxy) is 3. The summed E-state index contributed by atoms with van der Waals surface area (Å²) < 4.78 is 19.9. The molecule has 0 atom stereocenters. The highest BCUT2D eigenvalue weighted by atomic mass is 16.5. The second-order valence-corrected chi connectivity index (χ2v) is 9.29. The van der Waals surface area contributed by atoms with Gasteiger partial charge in [-0.2, -0.15) is 0 Å². The minimum absolute atomic E-state index is 0.312. The highest BCUT2D eigenvalue weighted by Gasteiger charge is 2.21. The Morgan fingerprint density at radius 2 is 1.79 bits per heavy atom. The van der Waals surface area contributed by atoms with Gasteiger partial charge in [-0.3, -0.25) is 9.47 Å². The van der Waals surface area contributed by atoms with Crippen LogP contribution in [0.2, 0.25) is 0 Å². The lowest BCUT2D eigenvalue weighted by Gasteiger charge is -2.26. The summed E-state index contributed by atoms with van der Waals surface area (Å²) in [6.45, 7) is 7.26. The molecule has 34 heavy (non-hydrogen) atoms. The maximum absolute atomic E-state index is 6.15. The summed E-state index contributed by atoms with van der Waals surface area (Å²) in [6, 6.07) is 14.8. The lowest BCUT2D eigenvalue weighted by molar-refractivity contribution is 0.0383. The van der Waals surface area contributed by atoms with Gasteiger partial charge in [-0.15, -0.1) is 0 Å². The van der Waals surface area contributed by atoms with Gasteiger partial charge in [-0.25, -0.2) is 4.98 Å². The van der Waals surface area contributed by atoms with Crippen LogP contribution in [0.15, 0.2) is 48.7 Å². The zero-order valence-electron chi connectivity index (χ0n) is 19.5. The number of morpholine rings is 1. The number of fused-ring (bicyclic) bond motifs is 3. The average Bonchev–Trinajstić information content (AvgIpc) is 3.33. The number of imidazole rings is 1. The van der Waals surface area contributed by atoms with E-state index in [1.807, 2.05) is 0 Å². The molecule has 0 spiro atoms. The highest BCUT2D eigenvalue weighted by molar-refractivity contribution is 5.69. The third-order valence-electron chi connectivity index (χ3n) is 6.97. The molecule has 0 saturated carbocycles. The van der Waals surface area contributed by atoms with Gasteiger partial charge in [-0.1, -0.05) is 18.2 Å². The molecule has 3 aliphatic heterocycles. The van der Waals surface area contributed by atoms with Crippen LogP contribution < -0.4 is 14.8 Å². The number of piperidine rings is 1. The quantitative estimate of drug-likeness (QED) is 0.608. The largest absolute Gasteiger partial charge is 0.490 e. The van der Waals surface area contributed by atoms with E-state index in [4.69, 9.17) is 19.2 Å². The lowest BCUT2D eigenvalue weighted by Crippen LogP contribution is -2.37. The van der Waals surface area contributed by atoms with Crippen LogP contribution >= 0.6 is 0 Å². The van der Waals surface area contributed by atoms with Crippen LogP contribution in [-0.2, 0) is 17.8 Å². The van der Waals surface area contributed by atoms with Crippen molar-refractivity contribution in [2.24, 2.45) is 0 Å². The van der Waals surface area contributed by atoms with Gasteiger partial charge in [0, 0.05) is 32.3 Å². The summed E-state index contributed by atoms with van der Waals surface area (Å²) in [7, 11) is 0. The van der Waals surface area contributed by atoms with E-state index in [0.717, 1.165) is 105 Å². The average molecular weight is 461 g/mol. The Balaban J connectivity index is 1.15. The van der Waals surface area contributed by atoms with Crippen molar-refractivity contribution in [2.75, 3.05) is 45.9 Å². The molecule has 0 radical (unpaired) electrons. The number of nitrogens with one attached hydrogen (secondary N) is 1. The fourth-order valence-corrected chi connectivity index (χ4v) is 4.98. The van der Waals surface area contributed by atoms with Crippen LogP contribution in [0.4, 0.5) is 0 Å². The number of aromatic nitrogens is 2.